The Morgan fingerprint density at radius 1 is 1.16 bits per heavy atom. The van der Waals surface area contributed by atoms with E-state index in [0.717, 1.165) is 92.0 Å². The van der Waals surface area contributed by atoms with Gasteiger partial charge in [-0.05, 0) is 61.6 Å². The van der Waals surface area contributed by atoms with Crippen molar-refractivity contribution in [2.45, 2.75) is 64.3 Å². The maximum Gasteiger partial charge on any atom is 0.278 e. The van der Waals surface area contributed by atoms with Crippen LogP contribution in [0.5, 0.6) is 11.1 Å². The number of fused-ring (bicyclic) bond motifs is 2. The number of Topliss-reactive ketones (excluding diaryl/α,β-unsaturated/α-hetero) is 1. The molecule has 38 heavy (non-hydrogen) atoms. The predicted octanol–water partition coefficient (Wildman–Crippen LogP) is 6.56. The number of hydrogen-bond donors (Lipinski definition) is 0. The van der Waals surface area contributed by atoms with Crippen LogP contribution in [0.15, 0.2) is 30.5 Å². The standard InChI is InChI=1S/C29H35F2N3O3S/c1-29(30,31)18-37-28-33-24-17-34(15-12-26(24)38-28)14-11-19-6-8-20(9-7-19)16-25(35)22-4-3-5-23-21(22)10-13-32-27(23)36-2/h3-5,10,13,19-20H,6-9,11-12,14-18H2,1-2H3. The Balaban J connectivity index is 1.08. The summed E-state index contributed by atoms with van der Waals surface area (Å²) < 4.78 is 36.8. The monoisotopic (exact) mass is 543 g/mol. The predicted molar refractivity (Wildman–Crippen MR) is 145 cm³/mol. The molecule has 0 saturated heterocycles. The van der Waals surface area contributed by atoms with Crippen molar-refractivity contribution in [2.75, 3.05) is 26.8 Å². The molecule has 1 saturated carbocycles. The minimum Gasteiger partial charge on any atom is -0.481 e. The molecule has 6 nitrogen and oxygen atoms in total. The fraction of sp³-hybridized carbons (Fsp3) is 0.552. The van der Waals surface area contributed by atoms with Crippen molar-refractivity contribution in [2.24, 2.45) is 11.8 Å². The highest BCUT2D eigenvalue weighted by molar-refractivity contribution is 7.13. The van der Waals surface area contributed by atoms with Gasteiger partial charge in [-0.25, -0.2) is 18.7 Å². The van der Waals surface area contributed by atoms with Crippen LogP contribution in [0, 0.1) is 11.8 Å². The van der Waals surface area contributed by atoms with Gasteiger partial charge in [-0.2, -0.15) is 0 Å². The van der Waals surface area contributed by atoms with Crippen molar-refractivity contribution in [3.63, 3.8) is 0 Å². The minimum absolute atomic E-state index is 0.200. The quantitative estimate of drug-likeness (QED) is 0.270. The van der Waals surface area contributed by atoms with Gasteiger partial charge >= 0.3 is 0 Å². The summed E-state index contributed by atoms with van der Waals surface area (Å²) in [6, 6.07) is 7.66. The number of halogens is 2. The lowest BCUT2D eigenvalue weighted by Gasteiger charge is -2.31. The molecule has 2 aliphatic rings. The number of alkyl halides is 2. The van der Waals surface area contributed by atoms with Crippen molar-refractivity contribution in [3.05, 3.63) is 46.6 Å². The highest BCUT2D eigenvalue weighted by atomic mass is 32.1. The fourth-order valence-corrected chi connectivity index (χ4v) is 6.62. The van der Waals surface area contributed by atoms with Crippen LogP contribution >= 0.6 is 11.3 Å². The number of hydrogen-bond acceptors (Lipinski definition) is 7. The first-order chi connectivity index (χ1) is 18.3. The van der Waals surface area contributed by atoms with Crippen LogP contribution in [0.3, 0.4) is 0 Å². The second-order valence-corrected chi connectivity index (χ2v) is 11.8. The van der Waals surface area contributed by atoms with Gasteiger partial charge in [0.15, 0.2) is 12.4 Å². The molecule has 0 spiro atoms. The van der Waals surface area contributed by atoms with Crippen LogP contribution in [-0.2, 0) is 13.0 Å². The first-order valence-electron chi connectivity index (χ1n) is 13.5. The van der Waals surface area contributed by atoms with Gasteiger partial charge < -0.3 is 9.47 Å². The Morgan fingerprint density at radius 3 is 2.71 bits per heavy atom. The Labute approximate surface area is 226 Å². The number of carbonyl (C=O) groups is 1. The summed E-state index contributed by atoms with van der Waals surface area (Å²) in [5.41, 5.74) is 1.73. The lowest BCUT2D eigenvalue weighted by Crippen LogP contribution is -2.32. The molecule has 0 bridgehead atoms. The van der Waals surface area contributed by atoms with Gasteiger partial charge in [0, 0.05) is 48.5 Å². The number of benzene rings is 1. The van der Waals surface area contributed by atoms with E-state index in [9.17, 15) is 13.6 Å². The van der Waals surface area contributed by atoms with E-state index in [2.05, 4.69) is 14.9 Å². The molecule has 1 aliphatic heterocycles. The zero-order valence-corrected chi connectivity index (χ0v) is 22.9. The largest absolute Gasteiger partial charge is 0.481 e. The number of ether oxygens (including phenoxy) is 2. The first-order valence-corrected chi connectivity index (χ1v) is 14.3. The van der Waals surface area contributed by atoms with E-state index in [-0.39, 0.29) is 5.78 Å². The van der Waals surface area contributed by atoms with E-state index in [1.807, 2.05) is 24.3 Å². The van der Waals surface area contributed by atoms with Crippen molar-refractivity contribution in [3.8, 4) is 11.1 Å². The molecule has 0 unspecified atom stereocenters. The molecule has 3 aromatic rings. The molecule has 3 heterocycles. The Bertz CT molecular complexity index is 1270. The highest BCUT2D eigenvalue weighted by Crippen LogP contribution is 2.36. The zero-order chi connectivity index (χ0) is 26.7. The summed E-state index contributed by atoms with van der Waals surface area (Å²) in [7, 11) is 1.60. The molecule has 1 fully saturated rings. The summed E-state index contributed by atoms with van der Waals surface area (Å²) in [5, 5.41) is 2.13. The molecule has 2 aromatic heterocycles. The van der Waals surface area contributed by atoms with E-state index in [1.54, 1.807) is 13.3 Å². The van der Waals surface area contributed by atoms with Crippen LogP contribution in [0.1, 0.15) is 66.4 Å². The molecule has 1 aliphatic carbocycles. The number of thiazole rings is 1. The summed E-state index contributed by atoms with van der Waals surface area (Å²) in [5.74, 6) is -0.999. The second kappa shape index (κ2) is 11.6. The van der Waals surface area contributed by atoms with Crippen LogP contribution in [0.4, 0.5) is 8.78 Å². The maximum absolute atomic E-state index is 13.2. The number of ketones is 1. The Kier molecular flexibility index (Phi) is 8.23. The van der Waals surface area contributed by atoms with Gasteiger partial charge in [0.1, 0.15) is 0 Å². The molecule has 0 N–H and O–H groups in total. The van der Waals surface area contributed by atoms with E-state index in [4.69, 9.17) is 9.47 Å². The summed E-state index contributed by atoms with van der Waals surface area (Å²) >= 11 is 1.40. The molecule has 204 valence electrons. The topological polar surface area (TPSA) is 64.5 Å². The smallest absolute Gasteiger partial charge is 0.278 e. The number of carbonyl (C=O) groups excluding carboxylic acids is 1. The lowest BCUT2D eigenvalue weighted by atomic mass is 9.78. The van der Waals surface area contributed by atoms with Crippen LogP contribution in [0.25, 0.3) is 10.8 Å². The SMILES string of the molecule is COc1nccc2c(C(=O)CC3CCC(CCN4CCc5sc(OCC(C)(F)F)nc5C4)CC3)cccc12. The van der Waals surface area contributed by atoms with Gasteiger partial charge in [-0.1, -0.05) is 36.3 Å². The Hall–Kier alpha value is -2.65. The summed E-state index contributed by atoms with van der Waals surface area (Å²) in [6.45, 7) is 2.96. The average Bonchev–Trinajstić information content (AvgIpc) is 3.33. The maximum atomic E-state index is 13.2. The Morgan fingerprint density at radius 2 is 1.95 bits per heavy atom. The summed E-state index contributed by atoms with van der Waals surface area (Å²) in [6.07, 6.45) is 8.81. The van der Waals surface area contributed by atoms with Gasteiger partial charge in [0.05, 0.1) is 12.8 Å². The number of nitrogens with zero attached hydrogens (tertiary/aromatic N) is 3. The number of aromatic nitrogens is 2. The molecule has 9 heteroatoms. The second-order valence-electron chi connectivity index (χ2n) is 10.8. The van der Waals surface area contributed by atoms with Crippen LogP contribution in [0.2, 0.25) is 0 Å². The molecule has 1 aromatic carbocycles. The minimum atomic E-state index is -2.85. The molecule has 0 amide bonds. The molecule has 5 rings (SSSR count). The average molecular weight is 544 g/mol. The number of pyridine rings is 1. The molecular formula is C29H35F2N3O3S. The third-order valence-electron chi connectivity index (χ3n) is 7.79. The third-order valence-corrected chi connectivity index (χ3v) is 8.86. The van der Waals surface area contributed by atoms with Gasteiger partial charge in [-0.15, -0.1) is 0 Å². The van der Waals surface area contributed by atoms with E-state index in [0.29, 0.717) is 29.3 Å². The van der Waals surface area contributed by atoms with Gasteiger partial charge in [-0.3, -0.25) is 9.69 Å². The van der Waals surface area contributed by atoms with Crippen molar-refractivity contribution >= 4 is 27.9 Å². The third kappa shape index (κ3) is 6.49. The van der Waals surface area contributed by atoms with Crippen LogP contribution < -0.4 is 9.47 Å². The first kappa shape index (κ1) is 26.9. The summed E-state index contributed by atoms with van der Waals surface area (Å²) in [4.78, 5) is 25.5. The zero-order valence-electron chi connectivity index (χ0n) is 22.1. The van der Waals surface area contributed by atoms with Crippen LogP contribution in [-0.4, -0.2) is 53.4 Å². The molecular weight excluding hydrogens is 508 g/mol. The number of methoxy groups -OCH3 is 1. The van der Waals surface area contributed by atoms with Crippen molar-refractivity contribution in [1.29, 1.82) is 0 Å². The molecule has 0 atom stereocenters. The highest BCUT2D eigenvalue weighted by Gasteiger charge is 2.27. The van der Waals surface area contributed by atoms with Gasteiger partial charge in [0.25, 0.3) is 11.1 Å². The van der Waals surface area contributed by atoms with E-state index >= 15 is 0 Å². The number of rotatable bonds is 10. The molecule has 0 radical (unpaired) electrons. The normalized spacial score (nSPS) is 20.3. The fourth-order valence-electron chi connectivity index (χ4n) is 5.72. The van der Waals surface area contributed by atoms with E-state index in [1.165, 1.54) is 11.3 Å². The van der Waals surface area contributed by atoms with Gasteiger partial charge in [0.2, 0.25) is 5.88 Å². The van der Waals surface area contributed by atoms with E-state index < -0.39 is 12.5 Å². The van der Waals surface area contributed by atoms with Crippen molar-refractivity contribution < 1.29 is 23.0 Å². The lowest BCUT2D eigenvalue weighted by molar-refractivity contribution is -0.0230. The van der Waals surface area contributed by atoms with Crippen molar-refractivity contribution in [1.82, 2.24) is 14.9 Å².